The van der Waals surface area contributed by atoms with Gasteiger partial charge >= 0.3 is 0 Å². The standard InChI is InChI=1S/C20H22Cl2N6OS/c1-3-23-20-25-12(2)18(30-20)16-4-5-24-19(27-16)26-13-10-14(21)17(15(22)11-13)28-6-8-29-9-7-28/h4-5,10-11H,3,6-9H2,1-2H3,(H,23,25)(H,24,26,27). The van der Waals surface area contributed by atoms with Crippen molar-refractivity contribution < 1.29 is 4.74 Å². The summed E-state index contributed by atoms with van der Waals surface area (Å²) in [6.45, 7) is 7.71. The predicted molar refractivity (Wildman–Crippen MR) is 125 cm³/mol. The first-order valence-electron chi connectivity index (χ1n) is 9.68. The van der Waals surface area contributed by atoms with Gasteiger partial charge in [-0.05, 0) is 32.0 Å². The molecule has 1 saturated heterocycles. The van der Waals surface area contributed by atoms with Gasteiger partial charge in [0.25, 0.3) is 0 Å². The molecule has 0 radical (unpaired) electrons. The predicted octanol–water partition coefficient (Wildman–Crippen LogP) is 5.23. The molecule has 0 spiro atoms. The van der Waals surface area contributed by atoms with Crippen molar-refractivity contribution in [3.05, 3.63) is 40.1 Å². The normalized spacial score (nSPS) is 14.1. The van der Waals surface area contributed by atoms with Crippen LogP contribution < -0.4 is 15.5 Å². The highest BCUT2D eigenvalue weighted by atomic mass is 35.5. The second-order valence-corrected chi connectivity index (χ2v) is 8.56. The van der Waals surface area contributed by atoms with Gasteiger partial charge in [-0.25, -0.2) is 15.0 Å². The first-order chi connectivity index (χ1) is 14.5. The topological polar surface area (TPSA) is 75.2 Å². The summed E-state index contributed by atoms with van der Waals surface area (Å²) >= 11 is 14.7. The number of aryl methyl sites for hydroxylation is 1. The molecule has 1 aliphatic heterocycles. The smallest absolute Gasteiger partial charge is 0.227 e. The maximum absolute atomic E-state index is 6.55. The second kappa shape index (κ2) is 9.34. The Hall–Kier alpha value is -2.13. The van der Waals surface area contributed by atoms with Crippen molar-refractivity contribution in [2.75, 3.05) is 48.4 Å². The Morgan fingerprint density at radius 2 is 1.90 bits per heavy atom. The van der Waals surface area contributed by atoms with Gasteiger partial charge in [-0.3, -0.25) is 0 Å². The summed E-state index contributed by atoms with van der Waals surface area (Å²) in [6.07, 6.45) is 1.72. The van der Waals surface area contributed by atoms with Gasteiger partial charge in [-0.1, -0.05) is 34.5 Å². The summed E-state index contributed by atoms with van der Waals surface area (Å²) in [5.74, 6) is 0.469. The van der Waals surface area contributed by atoms with Crippen LogP contribution in [0.1, 0.15) is 12.6 Å². The van der Waals surface area contributed by atoms with E-state index < -0.39 is 0 Å². The number of ether oxygens (including phenoxy) is 1. The van der Waals surface area contributed by atoms with E-state index in [9.17, 15) is 0 Å². The fourth-order valence-electron chi connectivity index (χ4n) is 3.26. The number of morpholine rings is 1. The van der Waals surface area contributed by atoms with Gasteiger partial charge in [0.1, 0.15) is 0 Å². The van der Waals surface area contributed by atoms with Crippen molar-refractivity contribution in [3.8, 4) is 10.6 Å². The number of halogens is 2. The Labute approximate surface area is 189 Å². The Balaban J connectivity index is 1.57. The molecular weight excluding hydrogens is 443 g/mol. The van der Waals surface area contributed by atoms with E-state index in [1.54, 1.807) is 17.5 Å². The molecule has 2 aromatic heterocycles. The number of rotatable bonds is 6. The molecule has 7 nitrogen and oxygen atoms in total. The molecule has 1 fully saturated rings. The molecule has 3 heterocycles. The number of nitrogens with one attached hydrogen (secondary N) is 2. The molecular formula is C20H22Cl2N6OS. The van der Waals surface area contributed by atoms with Crippen molar-refractivity contribution in [2.45, 2.75) is 13.8 Å². The lowest BCUT2D eigenvalue weighted by atomic mass is 10.2. The molecule has 2 N–H and O–H groups in total. The van der Waals surface area contributed by atoms with Crippen LogP contribution in [0.4, 0.5) is 22.5 Å². The summed E-state index contributed by atoms with van der Waals surface area (Å²) in [5.41, 5.74) is 3.31. The van der Waals surface area contributed by atoms with E-state index in [-0.39, 0.29) is 0 Å². The first-order valence-corrected chi connectivity index (χ1v) is 11.3. The van der Waals surface area contributed by atoms with Crippen LogP contribution in [0.15, 0.2) is 24.4 Å². The summed E-state index contributed by atoms with van der Waals surface area (Å²) in [4.78, 5) is 16.7. The molecule has 158 valence electrons. The van der Waals surface area contributed by atoms with E-state index in [0.29, 0.717) is 29.2 Å². The molecule has 1 aromatic carbocycles. The maximum Gasteiger partial charge on any atom is 0.227 e. The lowest BCUT2D eigenvalue weighted by molar-refractivity contribution is 0.122. The van der Waals surface area contributed by atoms with Crippen LogP contribution in [0, 0.1) is 6.92 Å². The van der Waals surface area contributed by atoms with Gasteiger partial charge in [0.2, 0.25) is 5.95 Å². The van der Waals surface area contributed by atoms with Crippen LogP contribution in [0.5, 0.6) is 0 Å². The van der Waals surface area contributed by atoms with Gasteiger partial charge < -0.3 is 20.3 Å². The van der Waals surface area contributed by atoms with Crippen LogP contribution in [-0.2, 0) is 4.74 Å². The van der Waals surface area contributed by atoms with E-state index in [4.69, 9.17) is 27.9 Å². The largest absolute Gasteiger partial charge is 0.378 e. The van der Waals surface area contributed by atoms with Gasteiger partial charge in [0.05, 0.1) is 45.2 Å². The fourth-order valence-corrected chi connectivity index (χ4v) is 4.99. The number of hydrogen-bond acceptors (Lipinski definition) is 8. The van der Waals surface area contributed by atoms with Crippen LogP contribution >= 0.6 is 34.5 Å². The molecule has 4 rings (SSSR count). The molecule has 0 saturated carbocycles. The molecule has 30 heavy (non-hydrogen) atoms. The third-order valence-corrected chi connectivity index (χ3v) is 6.33. The fraction of sp³-hybridized carbons (Fsp3) is 0.350. The maximum atomic E-state index is 6.55. The quantitative estimate of drug-likeness (QED) is 0.517. The molecule has 1 aliphatic rings. The van der Waals surface area contributed by atoms with Crippen LogP contribution in [0.25, 0.3) is 10.6 Å². The highest BCUT2D eigenvalue weighted by Crippen LogP contribution is 2.38. The molecule has 0 atom stereocenters. The number of benzene rings is 1. The van der Waals surface area contributed by atoms with Gasteiger partial charge in [-0.15, -0.1) is 0 Å². The van der Waals surface area contributed by atoms with Crippen LogP contribution in [-0.4, -0.2) is 47.8 Å². The number of aromatic nitrogens is 3. The lowest BCUT2D eigenvalue weighted by Gasteiger charge is -2.30. The lowest BCUT2D eigenvalue weighted by Crippen LogP contribution is -2.36. The van der Waals surface area contributed by atoms with Gasteiger partial charge in [-0.2, -0.15) is 0 Å². The third-order valence-electron chi connectivity index (χ3n) is 4.61. The molecule has 0 unspecified atom stereocenters. The molecule has 10 heteroatoms. The van der Waals surface area contributed by atoms with Gasteiger partial charge in [0, 0.05) is 31.5 Å². The SMILES string of the molecule is CCNc1nc(C)c(-c2ccnc(Nc3cc(Cl)c(N4CCOCC4)c(Cl)c3)n2)s1. The number of thiazole rings is 1. The minimum Gasteiger partial charge on any atom is -0.378 e. The Morgan fingerprint density at radius 3 is 2.60 bits per heavy atom. The average molecular weight is 465 g/mol. The van der Waals surface area contributed by atoms with Crippen LogP contribution in [0.3, 0.4) is 0 Å². The molecule has 0 bridgehead atoms. The number of nitrogens with zero attached hydrogens (tertiary/aromatic N) is 4. The van der Waals surface area contributed by atoms with E-state index in [1.807, 2.05) is 32.0 Å². The van der Waals surface area contributed by atoms with Crippen LogP contribution in [0.2, 0.25) is 10.0 Å². The van der Waals surface area contributed by atoms with Gasteiger partial charge in [0.15, 0.2) is 5.13 Å². The second-order valence-electron chi connectivity index (χ2n) is 6.74. The average Bonchev–Trinajstić information content (AvgIpc) is 3.09. The Morgan fingerprint density at radius 1 is 1.17 bits per heavy atom. The minimum atomic E-state index is 0.469. The van der Waals surface area contributed by atoms with Crippen molar-refractivity contribution in [2.24, 2.45) is 0 Å². The third kappa shape index (κ3) is 4.62. The zero-order valence-corrected chi connectivity index (χ0v) is 19.0. The molecule has 0 amide bonds. The van der Waals surface area contributed by atoms with E-state index in [2.05, 4.69) is 30.5 Å². The zero-order valence-electron chi connectivity index (χ0n) is 16.7. The molecule has 0 aliphatic carbocycles. The van der Waals surface area contributed by atoms with Crippen molar-refractivity contribution >= 4 is 57.0 Å². The monoisotopic (exact) mass is 464 g/mol. The Kier molecular flexibility index (Phi) is 6.58. The highest BCUT2D eigenvalue weighted by molar-refractivity contribution is 7.19. The number of hydrogen-bond donors (Lipinski definition) is 2. The van der Waals surface area contributed by atoms with Crippen molar-refractivity contribution in [1.29, 1.82) is 0 Å². The Bertz CT molecular complexity index is 1010. The summed E-state index contributed by atoms with van der Waals surface area (Å²) < 4.78 is 5.41. The zero-order chi connectivity index (χ0) is 21.1. The molecule has 3 aromatic rings. The summed E-state index contributed by atoms with van der Waals surface area (Å²) in [7, 11) is 0. The van der Waals surface area contributed by atoms with E-state index in [1.165, 1.54) is 0 Å². The van der Waals surface area contributed by atoms with Crippen molar-refractivity contribution in [1.82, 2.24) is 15.0 Å². The van der Waals surface area contributed by atoms with Crippen molar-refractivity contribution in [3.63, 3.8) is 0 Å². The summed E-state index contributed by atoms with van der Waals surface area (Å²) in [6, 6.07) is 5.56. The highest BCUT2D eigenvalue weighted by Gasteiger charge is 2.19. The number of anilines is 4. The minimum absolute atomic E-state index is 0.469. The summed E-state index contributed by atoms with van der Waals surface area (Å²) in [5, 5.41) is 8.50. The van der Waals surface area contributed by atoms with E-state index in [0.717, 1.165) is 52.4 Å². The first kappa shape index (κ1) is 21.1. The van der Waals surface area contributed by atoms with E-state index >= 15 is 0 Å².